The number of aliphatic hydroxyl groups is 1. The second-order valence-electron chi connectivity index (χ2n) is 9.04. The standard InChI is InChI=1S/C26H40O6.CH4/c1-3-4-5-6-7-15-24(29)31-17-16-21-18-23(28)19(2)11-8-9-12-20-13-10-14-22(27)25(20)26(30)32-21;/h10,13-14,19,21,23,27-28H,3-9,11-12,15-18H2,1-2H3;1H4/t19-,21-,23+;/m0./s1. The second-order valence-corrected chi connectivity index (χ2v) is 9.04. The van der Waals surface area contributed by atoms with Gasteiger partial charge < -0.3 is 19.7 Å². The molecule has 0 saturated heterocycles. The lowest BCUT2D eigenvalue weighted by Gasteiger charge is -2.26. The number of phenols is 1. The van der Waals surface area contributed by atoms with Crippen LogP contribution in [0.15, 0.2) is 18.2 Å². The fourth-order valence-electron chi connectivity index (χ4n) is 4.19. The van der Waals surface area contributed by atoms with E-state index >= 15 is 0 Å². The molecule has 3 atom stereocenters. The predicted octanol–water partition coefficient (Wildman–Crippen LogP) is 5.96. The van der Waals surface area contributed by atoms with Gasteiger partial charge in [-0.1, -0.05) is 65.5 Å². The first-order valence-corrected chi connectivity index (χ1v) is 12.3. The summed E-state index contributed by atoms with van der Waals surface area (Å²) in [6, 6.07) is 5.07. The van der Waals surface area contributed by atoms with E-state index in [1.807, 2.05) is 13.0 Å². The summed E-state index contributed by atoms with van der Waals surface area (Å²) in [7, 11) is 0. The summed E-state index contributed by atoms with van der Waals surface area (Å²) in [4.78, 5) is 24.9. The maximum atomic E-state index is 12.9. The lowest BCUT2D eigenvalue weighted by molar-refractivity contribution is -0.144. The van der Waals surface area contributed by atoms with Crippen molar-refractivity contribution in [3.8, 4) is 5.75 Å². The van der Waals surface area contributed by atoms with Gasteiger partial charge in [-0.15, -0.1) is 0 Å². The van der Waals surface area contributed by atoms with Crippen molar-refractivity contribution in [1.29, 1.82) is 0 Å². The third-order valence-electron chi connectivity index (χ3n) is 6.31. The zero-order valence-corrected chi connectivity index (χ0v) is 19.7. The van der Waals surface area contributed by atoms with E-state index in [2.05, 4.69) is 6.92 Å². The van der Waals surface area contributed by atoms with Gasteiger partial charge in [0.1, 0.15) is 17.4 Å². The first kappa shape index (κ1) is 29.0. The number of cyclic esters (lactones) is 1. The van der Waals surface area contributed by atoms with Crippen molar-refractivity contribution in [2.75, 3.05) is 6.61 Å². The van der Waals surface area contributed by atoms with Crippen LogP contribution < -0.4 is 0 Å². The number of rotatable bonds is 9. The number of unbranched alkanes of at least 4 members (excludes halogenated alkanes) is 4. The van der Waals surface area contributed by atoms with Crippen molar-refractivity contribution < 1.29 is 29.3 Å². The van der Waals surface area contributed by atoms with Crippen LogP contribution in [0.2, 0.25) is 0 Å². The molecule has 0 aromatic heterocycles. The Kier molecular flexibility index (Phi) is 13.8. The Bertz CT molecular complexity index is 717. The number of phenolic OH excluding ortho intramolecular Hbond substituents is 1. The number of hydrogen-bond donors (Lipinski definition) is 2. The van der Waals surface area contributed by atoms with Gasteiger partial charge >= 0.3 is 11.9 Å². The lowest BCUT2D eigenvalue weighted by Crippen LogP contribution is -2.30. The minimum atomic E-state index is -0.606. The van der Waals surface area contributed by atoms with Gasteiger partial charge in [-0.25, -0.2) is 4.79 Å². The number of ether oxygens (including phenoxy) is 2. The maximum absolute atomic E-state index is 12.9. The Hall–Kier alpha value is -2.08. The van der Waals surface area contributed by atoms with Crippen LogP contribution in [0, 0.1) is 5.92 Å². The Labute approximate surface area is 199 Å². The summed E-state index contributed by atoms with van der Waals surface area (Å²) in [6.45, 7) is 4.30. The van der Waals surface area contributed by atoms with E-state index in [-0.39, 0.29) is 43.7 Å². The lowest BCUT2D eigenvalue weighted by atomic mass is 9.91. The molecule has 2 N–H and O–H groups in total. The zero-order chi connectivity index (χ0) is 23.3. The highest BCUT2D eigenvalue weighted by Crippen LogP contribution is 2.27. The fourth-order valence-corrected chi connectivity index (χ4v) is 4.19. The van der Waals surface area contributed by atoms with E-state index in [4.69, 9.17) is 9.47 Å². The Morgan fingerprint density at radius 2 is 1.94 bits per heavy atom. The minimum absolute atomic E-state index is 0. The van der Waals surface area contributed by atoms with E-state index in [1.165, 1.54) is 12.5 Å². The SMILES string of the molecule is C.CCCCCCCC(=O)OCC[C@H]1C[C@@H](O)[C@@H](C)CCCCc2cccc(O)c2C(=O)O1. The first-order valence-electron chi connectivity index (χ1n) is 12.3. The van der Waals surface area contributed by atoms with Gasteiger partial charge in [0.25, 0.3) is 0 Å². The average molecular weight is 465 g/mol. The van der Waals surface area contributed by atoms with E-state index in [0.29, 0.717) is 19.3 Å². The molecule has 1 aliphatic rings. The maximum Gasteiger partial charge on any atom is 0.342 e. The fraction of sp³-hybridized carbons (Fsp3) is 0.704. The highest BCUT2D eigenvalue weighted by molar-refractivity contribution is 5.94. The number of fused-ring (bicyclic) bond motifs is 1. The molecule has 0 bridgehead atoms. The summed E-state index contributed by atoms with van der Waals surface area (Å²) in [5.41, 5.74) is 0.974. The van der Waals surface area contributed by atoms with Gasteiger partial charge in [0, 0.05) is 19.3 Å². The predicted molar refractivity (Wildman–Crippen MR) is 130 cm³/mol. The molecule has 0 radical (unpaired) electrons. The highest BCUT2D eigenvalue weighted by atomic mass is 16.6. The number of aliphatic hydroxyl groups excluding tert-OH is 1. The third kappa shape index (κ3) is 10.2. The van der Waals surface area contributed by atoms with Gasteiger partial charge in [-0.2, -0.15) is 0 Å². The molecule has 0 spiro atoms. The molecule has 0 aliphatic carbocycles. The monoisotopic (exact) mass is 464 g/mol. The van der Waals surface area contributed by atoms with Crippen LogP contribution in [0.1, 0.15) is 108 Å². The van der Waals surface area contributed by atoms with Gasteiger partial charge in [0.2, 0.25) is 0 Å². The quantitative estimate of drug-likeness (QED) is 0.346. The normalized spacial score (nSPS) is 21.5. The summed E-state index contributed by atoms with van der Waals surface area (Å²) in [6.07, 6.45) is 8.48. The molecule has 0 amide bonds. The molecule has 2 rings (SSSR count). The molecule has 33 heavy (non-hydrogen) atoms. The largest absolute Gasteiger partial charge is 0.507 e. The van der Waals surface area contributed by atoms with Gasteiger partial charge in [0.05, 0.1) is 12.7 Å². The smallest absolute Gasteiger partial charge is 0.342 e. The van der Waals surface area contributed by atoms with E-state index in [9.17, 15) is 19.8 Å². The molecule has 1 aromatic rings. The second kappa shape index (κ2) is 15.7. The molecular weight excluding hydrogens is 420 g/mol. The summed E-state index contributed by atoms with van der Waals surface area (Å²) >= 11 is 0. The first-order chi connectivity index (χ1) is 15.4. The van der Waals surface area contributed by atoms with Crippen LogP contribution in [0.5, 0.6) is 5.75 Å². The molecule has 1 heterocycles. The van der Waals surface area contributed by atoms with Crippen LogP contribution in [0.4, 0.5) is 0 Å². The van der Waals surface area contributed by atoms with Crippen LogP contribution >= 0.6 is 0 Å². The Morgan fingerprint density at radius 3 is 2.70 bits per heavy atom. The van der Waals surface area contributed by atoms with Crippen LogP contribution in [0.3, 0.4) is 0 Å². The van der Waals surface area contributed by atoms with Crippen molar-refractivity contribution >= 4 is 11.9 Å². The minimum Gasteiger partial charge on any atom is -0.507 e. The third-order valence-corrected chi connectivity index (χ3v) is 6.31. The Morgan fingerprint density at radius 1 is 1.18 bits per heavy atom. The van der Waals surface area contributed by atoms with Crippen LogP contribution in [-0.4, -0.2) is 41.0 Å². The number of carbonyl (C=O) groups is 2. The molecule has 6 nitrogen and oxygen atoms in total. The summed E-state index contributed by atoms with van der Waals surface area (Å²) < 4.78 is 11.1. The van der Waals surface area contributed by atoms with Crippen molar-refractivity contribution in [1.82, 2.24) is 0 Å². The molecule has 0 unspecified atom stereocenters. The van der Waals surface area contributed by atoms with Crippen molar-refractivity contribution in [3.63, 3.8) is 0 Å². The number of benzene rings is 1. The zero-order valence-electron chi connectivity index (χ0n) is 19.7. The molecule has 6 heteroatoms. The number of aryl methyl sites for hydroxylation is 1. The van der Waals surface area contributed by atoms with Crippen molar-refractivity contribution in [2.24, 2.45) is 5.92 Å². The summed E-state index contributed by atoms with van der Waals surface area (Å²) in [5.74, 6) is -0.833. The average Bonchev–Trinajstić information content (AvgIpc) is 2.75. The molecule has 0 fully saturated rings. The van der Waals surface area contributed by atoms with E-state index in [0.717, 1.165) is 50.5 Å². The van der Waals surface area contributed by atoms with Crippen LogP contribution in [-0.2, 0) is 20.7 Å². The van der Waals surface area contributed by atoms with E-state index in [1.54, 1.807) is 6.07 Å². The topological polar surface area (TPSA) is 93.1 Å². The number of esters is 2. The molecule has 1 aliphatic heterocycles. The highest BCUT2D eigenvalue weighted by Gasteiger charge is 2.26. The van der Waals surface area contributed by atoms with Gasteiger partial charge in [-0.3, -0.25) is 4.79 Å². The van der Waals surface area contributed by atoms with Crippen molar-refractivity contribution in [2.45, 2.75) is 111 Å². The summed E-state index contributed by atoms with van der Waals surface area (Å²) in [5, 5.41) is 20.9. The molecular formula is C27H44O6. The van der Waals surface area contributed by atoms with Gasteiger partial charge in [-0.05, 0) is 43.2 Å². The van der Waals surface area contributed by atoms with Crippen LogP contribution in [0.25, 0.3) is 0 Å². The number of aromatic hydroxyl groups is 1. The van der Waals surface area contributed by atoms with Gasteiger partial charge in [0.15, 0.2) is 0 Å². The van der Waals surface area contributed by atoms with E-state index < -0.39 is 18.2 Å². The number of hydrogen-bond acceptors (Lipinski definition) is 6. The molecule has 0 saturated carbocycles. The molecule has 188 valence electrons. The number of carbonyl (C=O) groups excluding carboxylic acids is 2. The molecule has 1 aromatic carbocycles. The van der Waals surface area contributed by atoms with Crippen molar-refractivity contribution in [3.05, 3.63) is 29.3 Å². The Balaban J connectivity index is 0.00000544.